The number of likely N-dealkylation sites (tertiary alicyclic amines) is 1. The molecule has 18 heteroatoms. The Kier molecular flexibility index (Phi) is 16.5. The van der Waals surface area contributed by atoms with E-state index in [4.69, 9.17) is 10.2 Å². The lowest BCUT2D eigenvalue weighted by Gasteiger charge is -2.33. The van der Waals surface area contributed by atoms with E-state index in [-0.39, 0.29) is 40.7 Å². The number of H-pyrrole nitrogens is 1. The van der Waals surface area contributed by atoms with Crippen molar-refractivity contribution in [3.63, 3.8) is 0 Å². The summed E-state index contributed by atoms with van der Waals surface area (Å²) in [7, 11) is 2.07. The largest absolute Gasteiger partial charge is 0.464 e. The van der Waals surface area contributed by atoms with E-state index in [1.54, 1.807) is 24.6 Å². The van der Waals surface area contributed by atoms with Gasteiger partial charge in [-0.2, -0.15) is 0 Å². The van der Waals surface area contributed by atoms with Crippen molar-refractivity contribution >= 4 is 45.4 Å². The summed E-state index contributed by atoms with van der Waals surface area (Å²) in [5, 5.41) is 7.14. The molecule has 5 N–H and O–H groups in total. The van der Waals surface area contributed by atoms with E-state index in [9.17, 15) is 18.4 Å². The summed E-state index contributed by atoms with van der Waals surface area (Å²) < 4.78 is 37.0. The number of carbonyl (C=O) groups excluding carboxylic acids is 1. The topological polar surface area (TPSA) is 192 Å². The van der Waals surface area contributed by atoms with Crippen LogP contribution < -0.4 is 21.9 Å². The number of anilines is 3. The van der Waals surface area contributed by atoms with Crippen molar-refractivity contribution in [1.82, 2.24) is 54.5 Å². The number of fused-ring (bicyclic) bond motifs is 2. The number of imidazole rings is 1. The zero-order valence-electron chi connectivity index (χ0n) is 41.8. The fourth-order valence-electron chi connectivity index (χ4n) is 9.98. The lowest BCUT2D eigenvalue weighted by Crippen LogP contribution is -2.50. The first-order chi connectivity index (χ1) is 34.3. The van der Waals surface area contributed by atoms with Crippen molar-refractivity contribution in [1.29, 1.82) is 0 Å². The molecule has 0 radical (unpaired) electrons. The first-order valence-electron chi connectivity index (χ1n) is 25.0. The molecule has 0 bridgehead atoms. The quantitative estimate of drug-likeness (QED) is 0.102. The molecular formula is C53H67F2N13O3. The Bertz CT molecular complexity index is 2960. The molecule has 10 rings (SSSR count). The molecule has 71 heavy (non-hydrogen) atoms. The predicted molar refractivity (Wildman–Crippen MR) is 275 cm³/mol. The molecule has 16 nitrogen and oxygen atoms in total. The van der Waals surface area contributed by atoms with Crippen LogP contribution in [0.4, 0.5) is 26.4 Å². The van der Waals surface area contributed by atoms with Crippen molar-refractivity contribution in [2.75, 3.05) is 57.4 Å². The number of piperidine rings is 1. The number of aryl methyl sites for hydroxylation is 2. The maximum atomic E-state index is 14.9. The van der Waals surface area contributed by atoms with Crippen molar-refractivity contribution in [3.8, 4) is 22.6 Å². The minimum Gasteiger partial charge on any atom is -0.464 e. The average Bonchev–Trinajstić information content (AvgIpc) is 4.03. The number of nitrogens with one attached hydrogen (secondary N) is 3. The standard InChI is InChI=1S/C27H32F2N8.C13H11N3O2.C13H24N2O/c1-5-35-8-10-36(11-9-35)16-19-6-7-24(30-14-19)33-27-31-15-22(29)25(34-27)20-12-21(28)26-23(13-20)37(17(2)3)18(4)32-26;1-7-5-10(17)16-12-11(7)8(6-15-13(12)14)9-3-2-4-18-9;1-15-10-6-5-9-12(15)13(16)14-11-7-3-2-4-8-11/h6-7,12-15,17H,5,8-11,16H2,1-4H3,(H,30,31,33,34);2-6H,1H3,(H2,14,15)(H,16,17);11-12H,2-10H2,1H3,(H,14,16). The van der Waals surface area contributed by atoms with Crippen molar-refractivity contribution in [3.05, 3.63) is 106 Å². The summed E-state index contributed by atoms with van der Waals surface area (Å²) in [6, 6.07) is 12.7. The van der Waals surface area contributed by atoms with E-state index in [2.05, 4.69) is 69.2 Å². The van der Waals surface area contributed by atoms with Gasteiger partial charge < -0.3 is 35.2 Å². The Hall–Kier alpha value is -6.63. The minimum absolute atomic E-state index is 0.00954. The predicted octanol–water partition coefficient (Wildman–Crippen LogP) is 8.93. The zero-order chi connectivity index (χ0) is 50.2. The fourth-order valence-corrected chi connectivity index (χ4v) is 9.98. The number of aromatic nitrogens is 7. The summed E-state index contributed by atoms with van der Waals surface area (Å²) in [4.78, 5) is 54.8. The summed E-state index contributed by atoms with van der Waals surface area (Å²) in [5.74, 6) is 1.55. The highest BCUT2D eigenvalue weighted by atomic mass is 19.1. The number of aromatic amines is 1. The highest BCUT2D eigenvalue weighted by Crippen LogP contribution is 2.32. The zero-order valence-corrected chi connectivity index (χ0v) is 41.8. The molecule has 376 valence electrons. The summed E-state index contributed by atoms with van der Waals surface area (Å²) in [6.07, 6.45) is 15.9. The van der Waals surface area contributed by atoms with Gasteiger partial charge in [-0.15, -0.1) is 0 Å². The summed E-state index contributed by atoms with van der Waals surface area (Å²) in [5.41, 5.74) is 10.1. The van der Waals surface area contributed by atoms with Gasteiger partial charge in [-0.05, 0) is 115 Å². The number of amides is 1. The lowest BCUT2D eigenvalue weighted by atomic mass is 9.94. The molecule has 3 aliphatic rings. The van der Waals surface area contributed by atoms with Crippen LogP contribution in [0.1, 0.15) is 95.1 Å². The number of carbonyl (C=O) groups is 1. The van der Waals surface area contributed by atoms with Gasteiger partial charge >= 0.3 is 0 Å². The lowest BCUT2D eigenvalue weighted by molar-refractivity contribution is -0.128. The maximum absolute atomic E-state index is 14.9. The molecule has 2 aliphatic heterocycles. The number of furan rings is 1. The number of nitrogens with two attached hydrogens (primary N) is 1. The SMILES string of the molecule is CCN1CCN(Cc2ccc(Nc3ncc(F)c(-c4cc(F)c5nc(C)n(C(C)C)c5c4)n3)nc2)CC1.CN1CCCCC1C(=O)NC1CCCCC1.Cc1cc(=O)[nH]c2c(N)ncc(-c3ccco3)c12. The van der Waals surface area contributed by atoms with Crippen molar-refractivity contribution in [2.45, 2.75) is 111 Å². The number of hydrogen-bond acceptors (Lipinski definition) is 13. The molecule has 2 saturated heterocycles. The van der Waals surface area contributed by atoms with Crippen LogP contribution in [0.5, 0.6) is 0 Å². The van der Waals surface area contributed by atoms with Crippen LogP contribution in [0.2, 0.25) is 0 Å². The Morgan fingerprint density at radius 3 is 2.34 bits per heavy atom. The summed E-state index contributed by atoms with van der Waals surface area (Å²) >= 11 is 0. The highest BCUT2D eigenvalue weighted by molar-refractivity contribution is 5.99. The summed E-state index contributed by atoms with van der Waals surface area (Å²) in [6.45, 7) is 17.2. The van der Waals surface area contributed by atoms with E-state index in [1.807, 2.05) is 56.7 Å². The molecule has 0 spiro atoms. The Morgan fingerprint density at radius 1 is 0.887 bits per heavy atom. The molecule has 1 aromatic carbocycles. The van der Waals surface area contributed by atoms with Crippen molar-refractivity contribution < 1.29 is 18.0 Å². The first-order valence-corrected chi connectivity index (χ1v) is 25.0. The number of piperazine rings is 1. The molecule has 7 aromatic rings. The van der Waals surface area contributed by atoms with Gasteiger partial charge in [0.15, 0.2) is 11.6 Å². The van der Waals surface area contributed by atoms with Crippen molar-refractivity contribution in [2.24, 2.45) is 0 Å². The molecule has 1 atom stereocenters. The Morgan fingerprint density at radius 2 is 1.65 bits per heavy atom. The van der Waals surface area contributed by atoms with Gasteiger partial charge in [0.25, 0.3) is 0 Å². The molecular weight excluding hydrogens is 905 g/mol. The third-order valence-corrected chi connectivity index (χ3v) is 13.8. The van der Waals surface area contributed by atoms with E-state index in [0.29, 0.717) is 45.9 Å². The normalized spacial score (nSPS) is 17.2. The second-order valence-corrected chi connectivity index (χ2v) is 19.2. The van der Waals surface area contributed by atoms with Gasteiger partial charge in [-0.1, -0.05) is 38.7 Å². The second-order valence-electron chi connectivity index (χ2n) is 19.2. The molecule has 1 amide bonds. The smallest absolute Gasteiger partial charge is 0.248 e. The molecule has 3 fully saturated rings. The molecule has 1 saturated carbocycles. The number of nitrogen functional groups attached to an aromatic ring is 1. The second kappa shape index (κ2) is 23.1. The number of likely N-dealkylation sites (N-methyl/N-ethyl adjacent to an activating group) is 2. The van der Waals surface area contributed by atoms with E-state index < -0.39 is 11.6 Å². The van der Waals surface area contributed by atoms with Gasteiger partial charge in [-0.25, -0.2) is 33.7 Å². The van der Waals surface area contributed by atoms with Crippen LogP contribution in [0.15, 0.2) is 76.5 Å². The Labute approximate surface area is 413 Å². The number of hydrogen-bond donors (Lipinski definition) is 4. The van der Waals surface area contributed by atoms with Crippen LogP contribution in [0.25, 0.3) is 44.5 Å². The van der Waals surface area contributed by atoms with Gasteiger partial charge in [0.05, 0.1) is 29.5 Å². The van der Waals surface area contributed by atoms with Crippen LogP contribution in [-0.4, -0.2) is 113 Å². The monoisotopic (exact) mass is 972 g/mol. The number of benzene rings is 1. The average molecular weight is 972 g/mol. The van der Waals surface area contributed by atoms with Gasteiger partial charge in [-0.3, -0.25) is 19.4 Å². The Balaban J connectivity index is 0.000000164. The van der Waals surface area contributed by atoms with Gasteiger partial charge in [0, 0.05) is 79.8 Å². The van der Waals surface area contributed by atoms with E-state index in [0.717, 1.165) is 80.5 Å². The highest BCUT2D eigenvalue weighted by Gasteiger charge is 2.28. The van der Waals surface area contributed by atoms with Crippen LogP contribution in [0.3, 0.4) is 0 Å². The van der Waals surface area contributed by atoms with Crippen LogP contribution in [0, 0.1) is 25.5 Å². The third-order valence-electron chi connectivity index (χ3n) is 13.8. The number of nitrogens with zero attached hydrogens (tertiary/aromatic N) is 9. The molecule has 6 aromatic heterocycles. The van der Waals surface area contributed by atoms with Crippen LogP contribution >= 0.6 is 0 Å². The van der Waals surface area contributed by atoms with E-state index in [1.165, 1.54) is 57.1 Å². The number of pyridine rings is 3. The maximum Gasteiger partial charge on any atom is 0.248 e. The molecule has 8 heterocycles. The van der Waals surface area contributed by atoms with Gasteiger partial charge in [0.1, 0.15) is 34.4 Å². The fraction of sp³-hybridized carbons (Fsp3) is 0.453. The third kappa shape index (κ3) is 12.3. The van der Waals surface area contributed by atoms with Crippen LogP contribution in [-0.2, 0) is 11.3 Å². The number of halogens is 2. The first kappa shape index (κ1) is 50.7. The molecule has 1 unspecified atom stereocenters. The molecule has 1 aliphatic carbocycles. The van der Waals surface area contributed by atoms with Gasteiger partial charge in [0.2, 0.25) is 17.4 Å². The minimum atomic E-state index is -0.636. The number of rotatable bonds is 10. The van der Waals surface area contributed by atoms with E-state index >= 15 is 0 Å².